The van der Waals surface area contributed by atoms with Gasteiger partial charge < -0.3 is 11.1 Å². The molecule has 0 bridgehead atoms. The molecule has 33 heavy (non-hydrogen) atoms. The second kappa shape index (κ2) is 9.66. The minimum atomic E-state index is -0.672. The van der Waals surface area contributed by atoms with Gasteiger partial charge in [-0.15, -0.1) is 0 Å². The van der Waals surface area contributed by atoms with Crippen molar-refractivity contribution in [1.82, 2.24) is 15.0 Å². The molecule has 9 heteroatoms. The number of nitrogens with zero attached hydrogens (tertiary/aromatic N) is 2. The van der Waals surface area contributed by atoms with Crippen molar-refractivity contribution in [2.24, 2.45) is 5.73 Å². The fraction of sp³-hybridized carbons (Fsp3) is 0.125. The molecule has 0 aliphatic carbocycles. The molecule has 0 aliphatic rings. The molecule has 2 aromatic heterocycles. The van der Waals surface area contributed by atoms with Crippen LogP contribution < -0.4 is 16.6 Å². The van der Waals surface area contributed by atoms with Crippen LogP contribution in [-0.2, 0) is 6.42 Å². The van der Waals surface area contributed by atoms with Gasteiger partial charge in [-0.25, -0.2) is 18.2 Å². The largest absolute Gasteiger partial charge is 0.354 e. The van der Waals surface area contributed by atoms with Gasteiger partial charge in [-0.2, -0.15) is 0 Å². The highest BCUT2D eigenvalue weighted by Crippen LogP contribution is 2.28. The van der Waals surface area contributed by atoms with E-state index < -0.39 is 29.1 Å². The number of benzene rings is 2. The highest BCUT2D eigenvalue weighted by Gasteiger charge is 2.16. The van der Waals surface area contributed by atoms with Crippen molar-refractivity contribution in [2.45, 2.75) is 12.5 Å². The van der Waals surface area contributed by atoms with Gasteiger partial charge in [-0.05, 0) is 53.9 Å². The van der Waals surface area contributed by atoms with Crippen LogP contribution in [0.25, 0.3) is 22.4 Å². The Balaban J connectivity index is 1.61. The van der Waals surface area contributed by atoms with Crippen LogP contribution in [0, 0.1) is 17.5 Å². The van der Waals surface area contributed by atoms with Gasteiger partial charge in [0, 0.05) is 36.6 Å². The van der Waals surface area contributed by atoms with E-state index >= 15 is 0 Å². The number of hydrogen-bond donors (Lipinski definition) is 3. The molecule has 0 radical (unpaired) electrons. The smallest absolute Gasteiger partial charge is 0.260 e. The van der Waals surface area contributed by atoms with Crippen molar-refractivity contribution in [3.63, 3.8) is 0 Å². The Kier molecular flexibility index (Phi) is 6.50. The fourth-order valence-electron chi connectivity index (χ4n) is 3.49. The summed E-state index contributed by atoms with van der Waals surface area (Å²) >= 11 is 0. The summed E-state index contributed by atoms with van der Waals surface area (Å²) in [6.07, 6.45) is 3.37. The van der Waals surface area contributed by atoms with Crippen LogP contribution in [0.4, 0.5) is 19.1 Å². The van der Waals surface area contributed by atoms with E-state index in [2.05, 4.69) is 20.3 Å². The number of aromatic amines is 1. The molecule has 2 heterocycles. The van der Waals surface area contributed by atoms with Gasteiger partial charge in [0.2, 0.25) is 5.95 Å². The monoisotopic (exact) mass is 451 g/mol. The molecule has 4 rings (SSSR count). The third-order valence-corrected chi connectivity index (χ3v) is 4.96. The molecule has 0 saturated heterocycles. The molecular formula is C24H20F3N5O. The first-order valence-electron chi connectivity index (χ1n) is 10.1. The zero-order valence-corrected chi connectivity index (χ0v) is 17.4. The topological polar surface area (TPSA) is 96.7 Å². The van der Waals surface area contributed by atoms with Gasteiger partial charge in [0.05, 0.1) is 11.3 Å². The van der Waals surface area contributed by atoms with E-state index in [1.165, 1.54) is 36.4 Å². The van der Waals surface area contributed by atoms with Gasteiger partial charge in [0.1, 0.15) is 17.5 Å². The first-order chi connectivity index (χ1) is 15.9. The van der Waals surface area contributed by atoms with Gasteiger partial charge in [-0.3, -0.25) is 14.8 Å². The van der Waals surface area contributed by atoms with E-state index in [0.29, 0.717) is 22.4 Å². The van der Waals surface area contributed by atoms with Crippen molar-refractivity contribution in [2.75, 3.05) is 11.9 Å². The van der Waals surface area contributed by atoms with Gasteiger partial charge >= 0.3 is 0 Å². The molecule has 4 N–H and O–H groups in total. The Morgan fingerprint density at radius 2 is 1.58 bits per heavy atom. The van der Waals surface area contributed by atoms with Crippen LogP contribution in [0.3, 0.4) is 0 Å². The highest BCUT2D eigenvalue weighted by atomic mass is 19.1. The number of anilines is 1. The number of H-pyrrole nitrogens is 1. The molecule has 0 spiro atoms. The molecule has 0 amide bonds. The lowest BCUT2D eigenvalue weighted by molar-refractivity contribution is 0.576. The molecular weight excluding hydrogens is 431 g/mol. The molecule has 0 aliphatic heterocycles. The standard InChI is InChI=1S/C24H20F3N5O/c25-17-3-1-15(2-4-17)21-22(16-5-7-29-8-6-16)31-24(32-23(21)33)30-13-20(28)11-14-9-18(26)12-19(27)10-14/h1-10,12,20H,11,13,28H2,(H2,30,31,32,33). The number of aromatic nitrogens is 3. The van der Waals surface area contributed by atoms with Crippen LogP contribution in [-0.4, -0.2) is 27.5 Å². The van der Waals surface area contributed by atoms with E-state index in [1.54, 1.807) is 24.5 Å². The highest BCUT2D eigenvalue weighted by molar-refractivity contribution is 5.80. The zero-order valence-electron chi connectivity index (χ0n) is 17.4. The van der Waals surface area contributed by atoms with E-state index in [1.807, 2.05) is 0 Å². The molecule has 1 atom stereocenters. The van der Waals surface area contributed by atoms with Crippen molar-refractivity contribution in [3.8, 4) is 22.4 Å². The lowest BCUT2D eigenvalue weighted by Crippen LogP contribution is -2.32. The Morgan fingerprint density at radius 3 is 2.24 bits per heavy atom. The molecule has 0 fully saturated rings. The number of rotatable bonds is 7. The lowest BCUT2D eigenvalue weighted by Gasteiger charge is -2.15. The third kappa shape index (κ3) is 5.45. The van der Waals surface area contributed by atoms with Crippen LogP contribution in [0.1, 0.15) is 5.56 Å². The first kappa shape index (κ1) is 22.2. The number of hydrogen-bond acceptors (Lipinski definition) is 5. The average Bonchev–Trinajstić information content (AvgIpc) is 2.78. The average molecular weight is 451 g/mol. The number of halogens is 3. The predicted molar refractivity (Wildman–Crippen MR) is 120 cm³/mol. The normalized spacial score (nSPS) is 11.9. The Morgan fingerprint density at radius 1 is 0.909 bits per heavy atom. The zero-order chi connectivity index (χ0) is 23.4. The van der Waals surface area contributed by atoms with Crippen LogP contribution in [0.5, 0.6) is 0 Å². The van der Waals surface area contributed by atoms with Gasteiger partial charge in [-0.1, -0.05) is 12.1 Å². The number of nitrogens with one attached hydrogen (secondary N) is 2. The Hall–Kier alpha value is -3.98. The quantitative estimate of drug-likeness (QED) is 0.396. The maximum absolute atomic E-state index is 13.4. The van der Waals surface area contributed by atoms with Crippen molar-refractivity contribution >= 4 is 5.95 Å². The third-order valence-electron chi connectivity index (χ3n) is 4.96. The van der Waals surface area contributed by atoms with Gasteiger partial charge in [0.25, 0.3) is 5.56 Å². The van der Waals surface area contributed by atoms with Crippen LogP contribution in [0.2, 0.25) is 0 Å². The van der Waals surface area contributed by atoms with E-state index in [4.69, 9.17) is 5.73 Å². The summed E-state index contributed by atoms with van der Waals surface area (Å²) in [5.74, 6) is -1.58. The second-order valence-corrected chi connectivity index (χ2v) is 7.50. The first-order valence-corrected chi connectivity index (χ1v) is 10.1. The van der Waals surface area contributed by atoms with E-state index in [0.717, 1.165) is 6.07 Å². The lowest BCUT2D eigenvalue weighted by atomic mass is 10.0. The predicted octanol–water partition coefficient (Wildman–Crippen LogP) is 3.90. The SMILES string of the molecule is NC(CNc1nc(-c2ccncc2)c(-c2ccc(F)cc2)c(=O)[nH]1)Cc1cc(F)cc(F)c1. The van der Waals surface area contributed by atoms with Crippen LogP contribution >= 0.6 is 0 Å². The molecule has 1 unspecified atom stereocenters. The second-order valence-electron chi connectivity index (χ2n) is 7.50. The van der Waals surface area contributed by atoms with E-state index in [9.17, 15) is 18.0 Å². The number of nitrogens with two attached hydrogens (primary N) is 1. The van der Waals surface area contributed by atoms with Crippen molar-refractivity contribution in [1.29, 1.82) is 0 Å². The summed E-state index contributed by atoms with van der Waals surface area (Å²) in [6.45, 7) is 0.187. The van der Waals surface area contributed by atoms with Gasteiger partial charge in [0.15, 0.2) is 0 Å². The summed E-state index contributed by atoms with van der Waals surface area (Å²) in [5, 5.41) is 2.98. The van der Waals surface area contributed by atoms with Crippen molar-refractivity contribution in [3.05, 3.63) is 100 Å². The summed E-state index contributed by atoms with van der Waals surface area (Å²) in [7, 11) is 0. The molecule has 0 saturated carbocycles. The summed E-state index contributed by atoms with van der Waals surface area (Å²) in [6, 6.07) is 11.7. The minimum absolute atomic E-state index is 0.179. The molecule has 168 valence electrons. The van der Waals surface area contributed by atoms with E-state index in [-0.39, 0.29) is 24.5 Å². The maximum atomic E-state index is 13.4. The maximum Gasteiger partial charge on any atom is 0.260 e. The number of pyridine rings is 1. The fourth-order valence-corrected chi connectivity index (χ4v) is 3.49. The molecule has 2 aromatic carbocycles. The summed E-state index contributed by atoms with van der Waals surface area (Å²) < 4.78 is 40.2. The Bertz CT molecular complexity index is 1290. The molecule has 4 aromatic rings. The minimum Gasteiger partial charge on any atom is -0.354 e. The van der Waals surface area contributed by atoms with Crippen molar-refractivity contribution < 1.29 is 13.2 Å². The molecule has 6 nitrogen and oxygen atoms in total. The summed E-state index contributed by atoms with van der Waals surface area (Å²) in [4.78, 5) is 24.2. The van der Waals surface area contributed by atoms with Crippen LogP contribution in [0.15, 0.2) is 71.8 Å². The Labute approximate surface area is 187 Å². The summed E-state index contributed by atoms with van der Waals surface area (Å²) in [5.41, 5.74) is 7.93.